The van der Waals surface area contributed by atoms with E-state index in [0.717, 1.165) is 7.11 Å². The fraction of sp³-hybridized carbons (Fsp3) is 0.500. The minimum Gasteiger partial charge on any atom is -0.468 e. The van der Waals surface area contributed by atoms with Gasteiger partial charge in [0.05, 0.1) is 22.1 Å². The van der Waals surface area contributed by atoms with E-state index in [9.17, 15) is 18.0 Å². The van der Waals surface area contributed by atoms with Crippen molar-refractivity contribution in [2.45, 2.75) is 42.2 Å². The molecule has 1 fully saturated rings. The first kappa shape index (κ1) is 19.2. The Hall–Kier alpha value is -1.11. The van der Waals surface area contributed by atoms with E-state index in [4.69, 9.17) is 27.9 Å². The number of benzene rings is 1. The van der Waals surface area contributed by atoms with Crippen LogP contribution in [0.2, 0.25) is 10.0 Å². The molecule has 1 aliphatic rings. The smallest absolute Gasteiger partial charge is 0.327 e. The van der Waals surface area contributed by atoms with Crippen LogP contribution < -0.4 is 0 Å². The summed E-state index contributed by atoms with van der Waals surface area (Å²) in [6.07, 6.45) is 1.44. The number of methoxy groups -OCH3 is 1. The molecule has 0 N–H and O–H groups in total. The van der Waals surface area contributed by atoms with Gasteiger partial charge in [0.15, 0.2) is 14.6 Å². The number of hydrogen-bond donors (Lipinski definition) is 0. The normalized spacial score (nSPS) is 21.2. The van der Waals surface area contributed by atoms with Gasteiger partial charge in [-0.3, -0.25) is 9.59 Å². The zero-order valence-corrected chi connectivity index (χ0v) is 15.7. The maximum Gasteiger partial charge on any atom is 0.327 e. The zero-order chi connectivity index (χ0) is 18.1. The van der Waals surface area contributed by atoms with Crippen molar-refractivity contribution < 1.29 is 22.7 Å². The lowest BCUT2D eigenvalue weighted by Gasteiger charge is -2.36. The van der Waals surface area contributed by atoms with Crippen molar-refractivity contribution in [1.29, 1.82) is 0 Å². The third-order valence-corrected chi connectivity index (χ3v) is 7.84. The highest BCUT2D eigenvalue weighted by Gasteiger charge is 2.54. The summed E-state index contributed by atoms with van der Waals surface area (Å²) in [6, 6.07) is 3.88. The molecule has 5 nitrogen and oxygen atoms in total. The number of carbonyl (C=O) groups excluding carboxylic acids is 2. The lowest BCUT2D eigenvalue weighted by atomic mass is 9.79. The summed E-state index contributed by atoms with van der Waals surface area (Å²) in [5, 5.41) is 0.285. The molecular weight excluding hydrogens is 375 g/mol. The van der Waals surface area contributed by atoms with E-state index in [1.807, 2.05) is 0 Å². The van der Waals surface area contributed by atoms with Crippen LogP contribution in [-0.4, -0.2) is 32.0 Å². The molecule has 2 atom stereocenters. The number of halogens is 2. The fourth-order valence-corrected chi connectivity index (χ4v) is 5.40. The molecule has 2 unspecified atom stereocenters. The van der Waals surface area contributed by atoms with Crippen LogP contribution in [0.4, 0.5) is 0 Å². The SMILES string of the molecule is COC(=O)C(C)(C1CCCC(=O)C1)S(=O)(=O)c1ccc(Cl)c(Cl)c1. The van der Waals surface area contributed by atoms with Gasteiger partial charge in [-0.1, -0.05) is 23.2 Å². The number of rotatable bonds is 4. The second kappa shape index (κ2) is 7.02. The van der Waals surface area contributed by atoms with E-state index in [1.54, 1.807) is 0 Å². The lowest BCUT2D eigenvalue weighted by Crippen LogP contribution is -2.52. The lowest BCUT2D eigenvalue weighted by molar-refractivity contribution is -0.145. The minimum absolute atomic E-state index is 0.0339. The molecule has 0 aromatic heterocycles. The predicted octanol–water partition coefficient (Wildman–Crippen LogP) is 3.46. The van der Waals surface area contributed by atoms with Crippen molar-refractivity contribution >= 4 is 44.8 Å². The van der Waals surface area contributed by atoms with Crippen LogP contribution in [0.15, 0.2) is 23.1 Å². The first-order valence-corrected chi connectivity index (χ1v) is 9.68. The molecule has 1 aromatic carbocycles. The second-order valence-electron chi connectivity index (χ2n) is 6.01. The summed E-state index contributed by atoms with van der Waals surface area (Å²) < 4.78 is 29.3. The molecule has 2 rings (SSSR count). The molecule has 0 aliphatic heterocycles. The van der Waals surface area contributed by atoms with Gasteiger partial charge in [-0.25, -0.2) is 8.42 Å². The standard InChI is InChI=1S/C16H18Cl2O5S/c1-16(15(20)23-2,10-4-3-5-11(19)8-10)24(21,22)12-6-7-13(17)14(18)9-12/h6-7,9-10H,3-5,8H2,1-2H3. The van der Waals surface area contributed by atoms with Gasteiger partial charge in [0, 0.05) is 12.8 Å². The Balaban J connectivity index is 2.59. The third-order valence-electron chi connectivity index (χ3n) is 4.61. The topological polar surface area (TPSA) is 77.5 Å². The zero-order valence-electron chi connectivity index (χ0n) is 13.3. The molecular formula is C16H18Cl2O5S. The average molecular weight is 393 g/mol. The molecule has 0 bridgehead atoms. The van der Waals surface area contributed by atoms with Crippen LogP contribution in [-0.2, 0) is 24.2 Å². The van der Waals surface area contributed by atoms with Gasteiger partial charge < -0.3 is 4.74 Å². The van der Waals surface area contributed by atoms with Gasteiger partial charge in [0.25, 0.3) is 0 Å². The van der Waals surface area contributed by atoms with Crippen LogP contribution in [0.25, 0.3) is 0 Å². The quantitative estimate of drug-likeness (QED) is 0.733. The van der Waals surface area contributed by atoms with E-state index in [0.29, 0.717) is 19.3 Å². The number of carbonyl (C=O) groups is 2. The third kappa shape index (κ3) is 3.19. The number of ketones is 1. The molecule has 1 saturated carbocycles. The molecule has 0 radical (unpaired) electrons. The number of sulfone groups is 1. The van der Waals surface area contributed by atoms with E-state index in [2.05, 4.69) is 0 Å². The molecule has 0 saturated heterocycles. The molecule has 24 heavy (non-hydrogen) atoms. The number of hydrogen-bond acceptors (Lipinski definition) is 5. The monoisotopic (exact) mass is 392 g/mol. The summed E-state index contributed by atoms with van der Waals surface area (Å²) in [6.45, 7) is 1.32. The van der Waals surface area contributed by atoms with Crippen LogP contribution in [0.1, 0.15) is 32.6 Å². The van der Waals surface area contributed by atoms with Gasteiger partial charge in [-0.15, -0.1) is 0 Å². The fourth-order valence-electron chi connectivity index (χ4n) is 3.08. The Labute approximate surface area is 151 Å². The van der Waals surface area contributed by atoms with Crippen molar-refractivity contribution in [1.82, 2.24) is 0 Å². The van der Waals surface area contributed by atoms with E-state index in [-0.39, 0.29) is 27.1 Å². The predicted molar refractivity (Wildman–Crippen MR) is 91.0 cm³/mol. The molecule has 0 spiro atoms. The Morgan fingerprint density at radius 2 is 1.96 bits per heavy atom. The van der Waals surface area contributed by atoms with E-state index < -0.39 is 26.5 Å². The molecule has 1 aliphatic carbocycles. The van der Waals surface area contributed by atoms with Gasteiger partial charge in [-0.05, 0) is 43.9 Å². The Morgan fingerprint density at radius 3 is 2.50 bits per heavy atom. The number of Topliss-reactive ketones (excluding diaryl/α,β-unsaturated/α-hetero) is 1. The summed E-state index contributed by atoms with van der Waals surface area (Å²) in [4.78, 5) is 24.1. The highest BCUT2D eigenvalue weighted by molar-refractivity contribution is 7.93. The molecule has 0 amide bonds. The Bertz CT molecular complexity index is 775. The average Bonchev–Trinajstić information content (AvgIpc) is 2.55. The molecule has 0 heterocycles. The molecule has 132 valence electrons. The van der Waals surface area contributed by atoms with Crippen LogP contribution in [0.3, 0.4) is 0 Å². The number of ether oxygens (including phenoxy) is 1. The molecule has 8 heteroatoms. The Kier molecular flexibility index (Phi) is 5.62. The summed E-state index contributed by atoms with van der Waals surface area (Å²) in [7, 11) is -3.01. The van der Waals surface area contributed by atoms with Crippen molar-refractivity contribution in [3.8, 4) is 0 Å². The summed E-state index contributed by atoms with van der Waals surface area (Å²) >= 11 is 11.8. The van der Waals surface area contributed by atoms with Crippen LogP contribution >= 0.6 is 23.2 Å². The van der Waals surface area contributed by atoms with Crippen LogP contribution in [0, 0.1) is 5.92 Å². The first-order chi connectivity index (χ1) is 11.1. The number of esters is 1. The van der Waals surface area contributed by atoms with Crippen molar-refractivity contribution in [2.75, 3.05) is 7.11 Å². The highest BCUT2D eigenvalue weighted by Crippen LogP contribution is 2.41. The first-order valence-electron chi connectivity index (χ1n) is 7.44. The van der Waals surface area contributed by atoms with Gasteiger partial charge >= 0.3 is 5.97 Å². The van der Waals surface area contributed by atoms with Crippen LogP contribution in [0.5, 0.6) is 0 Å². The highest BCUT2D eigenvalue weighted by atomic mass is 35.5. The second-order valence-corrected chi connectivity index (χ2v) is 9.15. The van der Waals surface area contributed by atoms with Crippen molar-refractivity contribution in [3.63, 3.8) is 0 Å². The van der Waals surface area contributed by atoms with Crippen molar-refractivity contribution in [3.05, 3.63) is 28.2 Å². The maximum atomic E-state index is 13.2. The maximum absolute atomic E-state index is 13.2. The largest absolute Gasteiger partial charge is 0.468 e. The summed E-state index contributed by atoms with van der Waals surface area (Å²) in [5.41, 5.74) is 0. The van der Waals surface area contributed by atoms with Gasteiger partial charge in [0.2, 0.25) is 0 Å². The Morgan fingerprint density at radius 1 is 1.29 bits per heavy atom. The minimum atomic E-state index is -4.14. The molecule has 1 aromatic rings. The van der Waals surface area contributed by atoms with E-state index >= 15 is 0 Å². The van der Waals surface area contributed by atoms with Gasteiger partial charge in [0.1, 0.15) is 5.78 Å². The summed E-state index contributed by atoms with van der Waals surface area (Å²) in [5.74, 6) is -1.58. The van der Waals surface area contributed by atoms with Gasteiger partial charge in [-0.2, -0.15) is 0 Å². The van der Waals surface area contributed by atoms with E-state index in [1.165, 1.54) is 25.1 Å². The van der Waals surface area contributed by atoms with Crippen molar-refractivity contribution in [2.24, 2.45) is 5.92 Å².